The number of hydrogen-bond donors (Lipinski definition) is 0. The maximum Gasteiger partial charge on any atom is 0.154 e. The summed E-state index contributed by atoms with van der Waals surface area (Å²) in [6.45, 7) is 3.97. The van der Waals surface area contributed by atoms with Gasteiger partial charge in [-0.05, 0) is 31.0 Å². The summed E-state index contributed by atoms with van der Waals surface area (Å²) in [6.07, 6.45) is 0.779. The van der Waals surface area contributed by atoms with Crippen molar-refractivity contribution in [1.29, 1.82) is 0 Å². The first-order valence-corrected chi connectivity index (χ1v) is 7.61. The van der Waals surface area contributed by atoms with Crippen molar-refractivity contribution in [2.24, 2.45) is 5.16 Å². The van der Waals surface area contributed by atoms with Gasteiger partial charge in [0.1, 0.15) is 5.04 Å². The summed E-state index contributed by atoms with van der Waals surface area (Å²) in [7, 11) is 0. The molecule has 0 bridgehead atoms. The second-order valence-electron chi connectivity index (χ2n) is 4.71. The summed E-state index contributed by atoms with van der Waals surface area (Å²) in [5, 5.41) is 5.88. The van der Waals surface area contributed by atoms with Crippen LogP contribution in [0.4, 0.5) is 0 Å². The molecule has 0 aromatic heterocycles. The first kappa shape index (κ1) is 14.0. The number of benzene rings is 1. The molecule has 0 spiro atoms. The number of nitrogens with zero attached hydrogens (tertiary/aromatic N) is 1. The maximum atomic E-state index is 6.10. The predicted octanol–water partition coefficient (Wildman–Crippen LogP) is 4.61. The predicted molar refractivity (Wildman–Crippen MR) is 79.7 cm³/mol. The molecule has 1 aliphatic rings. The Hall–Kier alpha value is -0.380. The van der Waals surface area contributed by atoms with E-state index in [1.807, 2.05) is 26.0 Å². The van der Waals surface area contributed by atoms with E-state index in [9.17, 15) is 0 Å². The van der Waals surface area contributed by atoms with Gasteiger partial charge in [-0.1, -0.05) is 28.9 Å². The molecule has 5 heteroatoms. The van der Waals surface area contributed by atoms with Gasteiger partial charge in [0.2, 0.25) is 0 Å². The van der Waals surface area contributed by atoms with Crippen molar-refractivity contribution in [1.82, 2.24) is 0 Å². The third-order valence-electron chi connectivity index (χ3n) is 2.82. The summed E-state index contributed by atoms with van der Waals surface area (Å²) in [6, 6.07) is 6.13. The van der Waals surface area contributed by atoms with Crippen LogP contribution in [0.2, 0.25) is 5.02 Å². The minimum absolute atomic E-state index is 0.338. The van der Waals surface area contributed by atoms with Crippen molar-refractivity contribution in [2.75, 3.05) is 5.88 Å². The van der Waals surface area contributed by atoms with E-state index in [0.29, 0.717) is 5.88 Å². The second-order valence-corrected chi connectivity index (χ2v) is 6.43. The Morgan fingerprint density at radius 2 is 2.28 bits per heavy atom. The largest absolute Gasteiger partial charge is 0.387 e. The SMILES string of the molecule is Cc1ccc(CSC2=NOC(C)(CCl)C2)cc1Cl. The number of alkyl halides is 1. The molecule has 1 aliphatic heterocycles. The van der Waals surface area contributed by atoms with Crippen LogP contribution in [0.5, 0.6) is 0 Å². The van der Waals surface area contributed by atoms with Gasteiger partial charge in [0.25, 0.3) is 0 Å². The average Bonchev–Trinajstić information content (AvgIpc) is 2.74. The second kappa shape index (κ2) is 5.72. The Bertz CT molecular complexity index is 478. The minimum Gasteiger partial charge on any atom is -0.387 e. The van der Waals surface area contributed by atoms with Crippen LogP contribution < -0.4 is 0 Å². The topological polar surface area (TPSA) is 21.6 Å². The molecule has 0 saturated carbocycles. The van der Waals surface area contributed by atoms with Crippen LogP contribution in [0.25, 0.3) is 0 Å². The van der Waals surface area contributed by atoms with Gasteiger partial charge in [-0.3, -0.25) is 0 Å². The van der Waals surface area contributed by atoms with Gasteiger partial charge in [0, 0.05) is 17.2 Å². The van der Waals surface area contributed by atoms with Gasteiger partial charge in [-0.2, -0.15) is 0 Å². The van der Waals surface area contributed by atoms with Gasteiger partial charge in [0.05, 0.1) is 5.88 Å². The van der Waals surface area contributed by atoms with E-state index < -0.39 is 0 Å². The third-order valence-corrected chi connectivity index (χ3v) is 4.82. The number of oxime groups is 1. The average molecular weight is 304 g/mol. The minimum atomic E-state index is -0.338. The summed E-state index contributed by atoms with van der Waals surface area (Å²) < 4.78 is 0. The Morgan fingerprint density at radius 1 is 1.50 bits per heavy atom. The summed E-state index contributed by atoms with van der Waals surface area (Å²) >= 11 is 13.6. The highest BCUT2D eigenvalue weighted by atomic mass is 35.5. The van der Waals surface area contributed by atoms with Crippen LogP contribution in [0.15, 0.2) is 23.4 Å². The van der Waals surface area contributed by atoms with E-state index in [2.05, 4.69) is 11.2 Å². The standard InChI is InChI=1S/C13H15Cl2NOS/c1-9-3-4-10(5-11(9)15)7-18-12-6-13(2,8-14)17-16-12/h3-5H,6-8H2,1-2H3. The molecule has 0 aliphatic carbocycles. The maximum absolute atomic E-state index is 6.10. The Kier molecular flexibility index (Phi) is 4.46. The summed E-state index contributed by atoms with van der Waals surface area (Å²) in [5.41, 5.74) is 1.95. The fraction of sp³-hybridized carbons (Fsp3) is 0.462. The van der Waals surface area contributed by atoms with E-state index >= 15 is 0 Å². The lowest BCUT2D eigenvalue weighted by molar-refractivity contribution is 0.0152. The smallest absolute Gasteiger partial charge is 0.154 e. The molecule has 0 saturated heterocycles. The lowest BCUT2D eigenvalue weighted by atomic mass is 10.1. The van der Waals surface area contributed by atoms with Crippen LogP contribution in [0.3, 0.4) is 0 Å². The lowest BCUT2D eigenvalue weighted by Gasteiger charge is -2.16. The number of halogens is 2. The third kappa shape index (κ3) is 3.34. The first-order chi connectivity index (χ1) is 8.52. The summed E-state index contributed by atoms with van der Waals surface area (Å²) in [4.78, 5) is 5.34. The van der Waals surface area contributed by atoms with Gasteiger partial charge < -0.3 is 4.84 Å². The van der Waals surface area contributed by atoms with Crippen molar-refractivity contribution in [3.63, 3.8) is 0 Å². The van der Waals surface area contributed by atoms with Gasteiger partial charge in [0.15, 0.2) is 5.60 Å². The number of hydrogen-bond acceptors (Lipinski definition) is 3. The monoisotopic (exact) mass is 303 g/mol. The van der Waals surface area contributed by atoms with Crippen molar-refractivity contribution < 1.29 is 4.84 Å². The molecule has 98 valence electrons. The highest BCUT2D eigenvalue weighted by molar-refractivity contribution is 8.13. The van der Waals surface area contributed by atoms with Gasteiger partial charge in [-0.25, -0.2) is 0 Å². The van der Waals surface area contributed by atoms with Crippen molar-refractivity contribution >= 4 is 40.0 Å². The molecule has 0 fully saturated rings. The molecule has 1 aromatic rings. The number of thioether (sulfide) groups is 1. The van der Waals surface area contributed by atoms with Crippen LogP contribution in [-0.2, 0) is 10.6 Å². The molecule has 1 unspecified atom stereocenters. The number of rotatable bonds is 3. The van der Waals surface area contributed by atoms with Crippen LogP contribution >= 0.6 is 35.0 Å². The molecule has 0 N–H and O–H groups in total. The van der Waals surface area contributed by atoms with E-state index in [1.54, 1.807) is 11.8 Å². The molecule has 1 heterocycles. The van der Waals surface area contributed by atoms with E-state index in [4.69, 9.17) is 28.0 Å². The van der Waals surface area contributed by atoms with E-state index in [-0.39, 0.29) is 5.60 Å². The van der Waals surface area contributed by atoms with Gasteiger partial charge >= 0.3 is 0 Å². The highest BCUT2D eigenvalue weighted by Gasteiger charge is 2.33. The Morgan fingerprint density at radius 3 is 2.89 bits per heavy atom. The Balaban J connectivity index is 1.91. The van der Waals surface area contributed by atoms with Crippen LogP contribution in [0, 0.1) is 6.92 Å². The number of aryl methyl sites for hydroxylation is 1. The fourth-order valence-corrected chi connectivity index (χ4v) is 2.94. The van der Waals surface area contributed by atoms with E-state index in [1.165, 1.54) is 5.56 Å². The molecule has 2 rings (SSSR count). The van der Waals surface area contributed by atoms with E-state index in [0.717, 1.165) is 27.8 Å². The lowest BCUT2D eigenvalue weighted by Crippen LogP contribution is -2.26. The van der Waals surface area contributed by atoms with Crippen LogP contribution in [-0.4, -0.2) is 16.5 Å². The zero-order valence-corrected chi connectivity index (χ0v) is 12.7. The van der Waals surface area contributed by atoms with Crippen molar-refractivity contribution in [3.05, 3.63) is 34.3 Å². The van der Waals surface area contributed by atoms with Crippen molar-refractivity contribution in [2.45, 2.75) is 31.6 Å². The van der Waals surface area contributed by atoms with Crippen LogP contribution in [0.1, 0.15) is 24.5 Å². The molecular formula is C13H15Cl2NOS. The molecule has 0 amide bonds. The molecular weight excluding hydrogens is 289 g/mol. The van der Waals surface area contributed by atoms with Crippen molar-refractivity contribution in [3.8, 4) is 0 Å². The quantitative estimate of drug-likeness (QED) is 0.760. The molecule has 18 heavy (non-hydrogen) atoms. The normalized spacial score (nSPS) is 22.8. The zero-order chi connectivity index (χ0) is 13.2. The first-order valence-electron chi connectivity index (χ1n) is 5.71. The fourth-order valence-electron chi connectivity index (χ4n) is 1.59. The van der Waals surface area contributed by atoms with Gasteiger partial charge in [-0.15, -0.1) is 23.4 Å². The molecule has 1 aromatic carbocycles. The summed E-state index contributed by atoms with van der Waals surface area (Å²) in [5.74, 6) is 1.30. The Labute approximate surface area is 122 Å². The molecule has 1 atom stereocenters. The highest BCUT2D eigenvalue weighted by Crippen LogP contribution is 2.31. The molecule has 0 radical (unpaired) electrons. The molecule has 2 nitrogen and oxygen atoms in total. The zero-order valence-electron chi connectivity index (χ0n) is 10.4.